The second-order valence-electron chi connectivity index (χ2n) is 6.98. The van der Waals surface area contributed by atoms with Crippen LogP contribution in [0, 0.1) is 0 Å². The molecule has 3 rings (SSSR count). The first kappa shape index (κ1) is 19.9. The third-order valence-corrected chi connectivity index (χ3v) is 5.03. The van der Waals surface area contributed by atoms with Gasteiger partial charge < -0.3 is 19.8 Å². The van der Waals surface area contributed by atoms with Crippen LogP contribution in [0.4, 0.5) is 0 Å². The number of carbonyl (C=O) groups is 1. The number of nitrogens with zero attached hydrogens (tertiary/aromatic N) is 2. The standard InChI is InChI=1S/C20H26ClN3O3/c1-4-27-20(25)17-18(16(22)13-5-7-15(21)8-6-13)24(12(2)3)19(23-17)14-9-10-26-11-14/h5-8,12,14,16H,4,9-11,22H2,1-3H3. The second kappa shape index (κ2) is 8.42. The average Bonchev–Trinajstić information content (AvgIpc) is 3.29. The molecule has 2 unspecified atom stereocenters. The number of rotatable bonds is 6. The number of esters is 1. The van der Waals surface area contributed by atoms with Crippen LogP contribution in [0.3, 0.4) is 0 Å². The van der Waals surface area contributed by atoms with E-state index in [1.54, 1.807) is 19.1 Å². The number of benzene rings is 1. The molecule has 1 fully saturated rings. The van der Waals surface area contributed by atoms with Crippen molar-refractivity contribution in [1.29, 1.82) is 0 Å². The summed E-state index contributed by atoms with van der Waals surface area (Å²) in [5.74, 6) is 0.535. The molecule has 1 aromatic heterocycles. The molecule has 6 nitrogen and oxygen atoms in total. The van der Waals surface area contributed by atoms with E-state index in [1.807, 2.05) is 12.1 Å². The molecule has 2 atom stereocenters. The molecule has 0 radical (unpaired) electrons. The predicted molar refractivity (Wildman–Crippen MR) is 104 cm³/mol. The van der Waals surface area contributed by atoms with Crippen molar-refractivity contribution in [1.82, 2.24) is 9.55 Å². The number of carbonyl (C=O) groups excluding carboxylic acids is 1. The molecule has 2 heterocycles. The normalized spacial score (nSPS) is 18.1. The Balaban J connectivity index is 2.15. The number of hydrogen-bond acceptors (Lipinski definition) is 5. The Bertz CT molecular complexity index is 796. The SMILES string of the molecule is CCOC(=O)c1nc(C2CCOC2)n(C(C)C)c1C(N)c1ccc(Cl)cc1. The third-order valence-electron chi connectivity index (χ3n) is 4.78. The molecule has 0 aliphatic carbocycles. The summed E-state index contributed by atoms with van der Waals surface area (Å²) in [5.41, 5.74) is 8.43. The first-order valence-electron chi connectivity index (χ1n) is 9.31. The minimum Gasteiger partial charge on any atom is -0.461 e. The van der Waals surface area contributed by atoms with Crippen LogP contribution in [0.25, 0.3) is 0 Å². The van der Waals surface area contributed by atoms with E-state index in [2.05, 4.69) is 18.4 Å². The van der Waals surface area contributed by atoms with Gasteiger partial charge >= 0.3 is 5.97 Å². The zero-order valence-corrected chi connectivity index (χ0v) is 16.7. The molecule has 1 saturated heterocycles. The Kier molecular flexibility index (Phi) is 6.19. The van der Waals surface area contributed by atoms with E-state index in [1.165, 1.54) is 0 Å². The number of ether oxygens (including phenoxy) is 2. The summed E-state index contributed by atoms with van der Waals surface area (Å²) in [7, 11) is 0. The molecular weight excluding hydrogens is 366 g/mol. The summed E-state index contributed by atoms with van der Waals surface area (Å²) < 4.78 is 12.9. The van der Waals surface area contributed by atoms with Crippen LogP contribution in [0.5, 0.6) is 0 Å². The molecule has 1 aliphatic rings. The van der Waals surface area contributed by atoms with Crippen molar-refractivity contribution in [3.8, 4) is 0 Å². The monoisotopic (exact) mass is 391 g/mol. The lowest BCUT2D eigenvalue weighted by Gasteiger charge is -2.22. The van der Waals surface area contributed by atoms with E-state index in [4.69, 9.17) is 31.8 Å². The van der Waals surface area contributed by atoms with Gasteiger partial charge in [-0.25, -0.2) is 9.78 Å². The molecule has 27 heavy (non-hydrogen) atoms. The van der Waals surface area contributed by atoms with Crippen molar-refractivity contribution >= 4 is 17.6 Å². The van der Waals surface area contributed by atoms with Crippen LogP contribution in [0.15, 0.2) is 24.3 Å². The zero-order valence-electron chi connectivity index (χ0n) is 15.9. The highest BCUT2D eigenvalue weighted by atomic mass is 35.5. The van der Waals surface area contributed by atoms with Gasteiger partial charge in [0, 0.05) is 23.6 Å². The van der Waals surface area contributed by atoms with Crippen molar-refractivity contribution in [2.45, 2.75) is 45.2 Å². The Labute approximate surface area is 164 Å². The van der Waals surface area contributed by atoms with E-state index in [0.717, 1.165) is 17.8 Å². The van der Waals surface area contributed by atoms with E-state index in [9.17, 15) is 4.79 Å². The van der Waals surface area contributed by atoms with Gasteiger partial charge in [0.05, 0.1) is 24.9 Å². The van der Waals surface area contributed by atoms with Gasteiger partial charge in [-0.05, 0) is 44.9 Å². The third kappa shape index (κ3) is 4.03. The smallest absolute Gasteiger partial charge is 0.358 e. The van der Waals surface area contributed by atoms with Gasteiger partial charge in [0.15, 0.2) is 5.69 Å². The van der Waals surface area contributed by atoms with Crippen LogP contribution in [0.2, 0.25) is 5.02 Å². The van der Waals surface area contributed by atoms with Crippen LogP contribution in [0.1, 0.15) is 72.8 Å². The summed E-state index contributed by atoms with van der Waals surface area (Å²) >= 11 is 6.01. The lowest BCUT2D eigenvalue weighted by molar-refractivity contribution is 0.0518. The summed E-state index contributed by atoms with van der Waals surface area (Å²) in [6.07, 6.45) is 0.877. The van der Waals surface area contributed by atoms with Gasteiger partial charge in [-0.1, -0.05) is 23.7 Å². The van der Waals surface area contributed by atoms with Crippen LogP contribution >= 0.6 is 11.6 Å². The lowest BCUT2D eigenvalue weighted by Crippen LogP contribution is -2.23. The van der Waals surface area contributed by atoms with E-state index in [0.29, 0.717) is 23.9 Å². The molecule has 0 saturated carbocycles. The van der Waals surface area contributed by atoms with Crippen molar-refractivity contribution in [3.63, 3.8) is 0 Å². The Morgan fingerprint density at radius 3 is 2.67 bits per heavy atom. The molecule has 0 amide bonds. The molecule has 7 heteroatoms. The number of aromatic nitrogens is 2. The number of imidazole rings is 1. The van der Waals surface area contributed by atoms with Crippen molar-refractivity contribution < 1.29 is 14.3 Å². The lowest BCUT2D eigenvalue weighted by atomic mass is 10.0. The molecule has 2 N–H and O–H groups in total. The minimum absolute atomic E-state index is 0.0876. The van der Waals surface area contributed by atoms with Gasteiger partial charge in [0.2, 0.25) is 0 Å². The second-order valence-corrected chi connectivity index (χ2v) is 7.41. The highest BCUT2D eigenvalue weighted by Crippen LogP contribution is 2.34. The van der Waals surface area contributed by atoms with Crippen LogP contribution in [-0.2, 0) is 9.47 Å². The van der Waals surface area contributed by atoms with Crippen molar-refractivity contribution in [3.05, 3.63) is 52.1 Å². The largest absolute Gasteiger partial charge is 0.461 e. The first-order chi connectivity index (χ1) is 12.9. The summed E-state index contributed by atoms with van der Waals surface area (Å²) in [4.78, 5) is 17.4. The molecule has 0 spiro atoms. The van der Waals surface area contributed by atoms with Crippen molar-refractivity contribution in [2.24, 2.45) is 5.73 Å². The topological polar surface area (TPSA) is 79.4 Å². The highest BCUT2D eigenvalue weighted by Gasteiger charge is 2.33. The summed E-state index contributed by atoms with van der Waals surface area (Å²) in [6.45, 7) is 7.49. The van der Waals surface area contributed by atoms with Crippen LogP contribution < -0.4 is 5.73 Å². The molecule has 1 aromatic carbocycles. The highest BCUT2D eigenvalue weighted by molar-refractivity contribution is 6.30. The van der Waals surface area contributed by atoms with Crippen molar-refractivity contribution in [2.75, 3.05) is 19.8 Å². The van der Waals surface area contributed by atoms with E-state index < -0.39 is 12.0 Å². The molecule has 1 aliphatic heterocycles. The fourth-order valence-corrected chi connectivity index (χ4v) is 3.63. The minimum atomic E-state index is -0.521. The van der Waals surface area contributed by atoms with Crippen LogP contribution in [-0.4, -0.2) is 35.3 Å². The number of halogens is 1. The molecule has 0 bridgehead atoms. The Morgan fingerprint density at radius 1 is 1.41 bits per heavy atom. The Hall–Kier alpha value is -1.89. The fraction of sp³-hybridized carbons (Fsp3) is 0.500. The Morgan fingerprint density at radius 2 is 2.11 bits per heavy atom. The van der Waals surface area contributed by atoms with Gasteiger partial charge in [-0.2, -0.15) is 0 Å². The van der Waals surface area contributed by atoms with Gasteiger partial charge in [-0.15, -0.1) is 0 Å². The average molecular weight is 392 g/mol. The van der Waals surface area contributed by atoms with Gasteiger partial charge in [-0.3, -0.25) is 0 Å². The first-order valence-corrected chi connectivity index (χ1v) is 9.69. The zero-order chi connectivity index (χ0) is 19.6. The maximum atomic E-state index is 12.7. The number of hydrogen-bond donors (Lipinski definition) is 1. The van der Waals surface area contributed by atoms with E-state index >= 15 is 0 Å². The maximum absolute atomic E-state index is 12.7. The van der Waals surface area contributed by atoms with E-state index in [-0.39, 0.29) is 24.3 Å². The summed E-state index contributed by atoms with van der Waals surface area (Å²) in [5, 5.41) is 0.637. The fourth-order valence-electron chi connectivity index (χ4n) is 3.51. The summed E-state index contributed by atoms with van der Waals surface area (Å²) in [6, 6.07) is 6.90. The molecule has 146 valence electrons. The molecule has 2 aromatic rings. The van der Waals surface area contributed by atoms with Gasteiger partial charge in [0.1, 0.15) is 5.82 Å². The number of nitrogens with two attached hydrogens (primary N) is 1. The maximum Gasteiger partial charge on any atom is 0.358 e. The predicted octanol–water partition coefficient (Wildman–Crippen LogP) is 3.85. The van der Waals surface area contributed by atoms with Gasteiger partial charge in [0.25, 0.3) is 0 Å². The quantitative estimate of drug-likeness (QED) is 0.756. The molecular formula is C20H26ClN3O3.